The molecule has 3 rings (SSSR count). The molecular weight excluding hydrogens is 304 g/mol. The molecule has 2 aromatic rings. The van der Waals surface area contributed by atoms with Gasteiger partial charge in [0.05, 0.1) is 19.1 Å². The van der Waals surface area contributed by atoms with Crippen LogP contribution in [0.15, 0.2) is 36.4 Å². The molecule has 5 nitrogen and oxygen atoms in total. The van der Waals surface area contributed by atoms with Crippen LogP contribution in [0.2, 0.25) is 0 Å². The van der Waals surface area contributed by atoms with E-state index >= 15 is 0 Å². The van der Waals surface area contributed by atoms with Crippen molar-refractivity contribution in [2.24, 2.45) is 0 Å². The molecule has 0 amide bonds. The summed E-state index contributed by atoms with van der Waals surface area (Å²) in [5.74, 6) is 0.311. The second-order valence-electron chi connectivity index (χ2n) is 6.30. The largest absolute Gasteiger partial charge is 0.616 e. The van der Waals surface area contributed by atoms with E-state index in [1.165, 1.54) is 26.4 Å². The summed E-state index contributed by atoms with van der Waals surface area (Å²) in [6.45, 7) is 2.67. The smallest absolute Gasteiger partial charge is 0.384 e. The van der Waals surface area contributed by atoms with Gasteiger partial charge in [-0.3, -0.25) is 4.90 Å². The third-order valence-electron chi connectivity index (χ3n) is 4.56. The predicted octanol–water partition coefficient (Wildman–Crippen LogP) is 2.61. The fourth-order valence-corrected chi connectivity index (χ4v) is 3.30. The molecule has 0 bridgehead atoms. The van der Waals surface area contributed by atoms with Crippen LogP contribution in [0.4, 0.5) is 0 Å². The highest BCUT2D eigenvalue weighted by molar-refractivity contribution is 5.36. The molecule has 1 aromatic carbocycles. The van der Waals surface area contributed by atoms with Crippen LogP contribution in [-0.2, 0) is 13.0 Å². The first-order valence-corrected chi connectivity index (χ1v) is 8.46. The lowest BCUT2D eigenvalue weighted by Crippen LogP contribution is -2.37. The number of nitrogens with zero attached hydrogens (tertiary/aromatic N) is 2. The van der Waals surface area contributed by atoms with Gasteiger partial charge in [-0.1, -0.05) is 36.8 Å². The zero-order valence-corrected chi connectivity index (χ0v) is 14.1. The number of pyridine rings is 1. The lowest BCUT2D eigenvalue weighted by Gasteiger charge is -2.26. The summed E-state index contributed by atoms with van der Waals surface area (Å²) in [6.07, 6.45) is 3.99. The van der Waals surface area contributed by atoms with E-state index in [1.54, 1.807) is 6.07 Å². The number of methoxy groups -OCH3 is 1. The maximum absolute atomic E-state index is 12.7. The molecule has 1 aliphatic rings. The number of rotatable bonds is 5. The van der Waals surface area contributed by atoms with Gasteiger partial charge in [0.15, 0.2) is 5.75 Å². The van der Waals surface area contributed by atoms with E-state index < -0.39 is 0 Å². The minimum atomic E-state index is 0.0293. The van der Waals surface area contributed by atoms with E-state index in [1.807, 2.05) is 30.3 Å². The Morgan fingerprint density at radius 1 is 1.17 bits per heavy atom. The van der Waals surface area contributed by atoms with Crippen molar-refractivity contribution in [3.63, 3.8) is 0 Å². The number of benzene rings is 1. The Hall–Kier alpha value is -2.27. The maximum atomic E-state index is 12.7. The van der Waals surface area contributed by atoms with Crippen LogP contribution >= 0.6 is 0 Å². The second kappa shape index (κ2) is 7.53. The van der Waals surface area contributed by atoms with E-state index in [9.17, 15) is 10.3 Å². The summed E-state index contributed by atoms with van der Waals surface area (Å²) >= 11 is 0. The second-order valence-corrected chi connectivity index (χ2v) is 6.30. The van der Waals surface area contributed by atoms with Crippen molar-refractivity contribution < 1.29 is 14.6 Å². The predicted molar refractivity (Wildman–Crippen MR) is 92.0 cm³/mol. The molecule has 0 saturated carbocycles. The summed E-state index contributed by atoms with van der Waals surface area (Å²) in [7, 11) is 1.51. The highest BCUT2D eigenvalue weighted by Crippen LogP contribution is 2.26. The summed E-state index contributed by atoms with van der Waals surface area (Å²) < 4.78 is 6.10. The molecule has 5 heteroatoms. The molecule has 24 heavy (non-hydrogen) atoms. The zero-order chi connectivity index (χ0) is 16.9. The van der Waals surface area contributed by atoms with Gasteiger partial charge in [0, 0.05) is 12.6 Å². The van der Waals surface area contributed by atoms with Crippen LogP contribution in [0.3, 0.4) is 0 Å². The highest BCUT2D eigenvalue weighted by atomic mass is 16.5. The van der Waals surface area contributed by atoms with Gasteiger partial charge in [-0.05, 0) is 31.5 Å². The van der Waals surface area contributed by atoms with Gasteiger partial charge >= 0.3 is 5.88 Å². The quantitative estimate of drug-likeness (QED) is 0.677. The number of aromatic hydroxyl groups is 1. The molecule has 1 N–H and O–H groups in total. The van der Waals surface area contributed by atoms with Gasteiger partial charge in [0.25, 0.3) is 0 Å². The number of hydrogen-bond donors (Lipinski definition) is 1. The van der Waals surface area contributed by atoms with Crippen molar-refractivity contribution in [2.75, 3.05) is 20.2 Å². The maximum Gasteiger partial charge on any atom is 0.384 e. The fourth-order valence-electron chi connectivity index (χ4n) is 3.30. The van der Waals surface area contributed by atoms with E-state index in [4.69, 9.17) is 4.74 Å². The number of ether oxygens (including phenoxy) is 1. The third kappa shape index (κ3) is 3.62. The molecule has 0 aliphatic carbocycles. The fraction of sp³-hybridized carbons (Fsp3) is 0.421. The van der Waals surface area contributed by atoms with E-state index in [-0.39, 0.29) is 11.6 Å². The van der Waals surface area contributed by atoms with Gasteiger partial charge in [-0.15, -0.1) is 4.73 Å². The summed E-state index contributed by atoms with van der Waals surface area (Å²) in [4.78, 5) is 2.30. The Labute approximate surface area is 142 Å². The highest BCUT2D eigenvalue weighted by Gasteiger charge is 2.25. The topological polar surface area (TPSA) is 59.6 Å². The average Bonchev–Trinajstić information content (AvgIpc) is 2.61. The molecule has 0 atom stereocenters. The zero-order valence-electron chi connectivity index (χ0n) is 14.1. The lowest BCUT2D eigenvalue weighted by molar-refractivity contribution is -0.621. The van der Waals surface area contributed by atoms with Crippen LogP contribution in [-0.4, -0.2) is 30.2 Å². The van der Waals surface area contributed by atoms with Gasteiger partial charge in [0.2, 0.25) is 5.69 Å². The molecule has 0 spiro atoms. The molecule has 0 radical (unpaired) electrons. The SMILES string of the molecule is COc1c(CN2CCCCC2)cc(O)c(Cc2ccccc2)[n+]1[O-]. The van der Waals surface area contributed by atoms with Gasteiger partial charge in [-0.2, -0.15) is 0 Å². The average molecular weight is 328 g/mol. The van der Waals surface area contributed by atoms with Crippen LogP contribution in [0.25, 0.3) is 0 Å². The number of likely N-dealkylation sites (tertiary alicyclic amines) is 1. The Balaban J connectivity index is 1.89. The Morgan fingerprint density at radius 2 is 1.88 bits per heavy atom. The molecule has 1 saturated heterocycles. The molecule has 1 aromatic heterocycles. The van der Waals surface area contributed by atoms with Crippen molar-refractivity contribution in [2.45, 2.75) is 32.2 Å². The molecule has 1 aliphatic heterocycles. The summed E-state index contributed by atoms with van der Waals surface area (Å²) in [6, 6.07) is 11.3. The minimum absolute atomic E-state index is 0.0293. The first-order chi connectivity index (χ1) is 11.7. The number of piperidine rings is 1. The van der Waals surface area contributed by atoms with Crippen LogP contribution in [0.1, 0.15) is 36.1 Å². The van der Waals surface area contributed by atoms with Gasteiger partial charge in [-0.25, -0.2) is 0 Å². The Bertz CT molecular complexity index is 683. The van der Waals surface area contributed by atoms with Crippen molar-refractivity contribution in [3.05, 3.63) is 58.4 Å². The van der Waals surface area contributed by atoms with E-state index in [0.717, 1.165) is 28.9 Å². The summed E-state index contributed by atoms with van der Waals surface area (Å²) in [5, 5.41) is 23.1. The van der Waals surface area contributed by atoms with Crippen LogP contribution in [0.5, 0.6) is 11.6 Å². The van der Waals surface area contributed by atoms with Crippen LogP contribution < -0.4 is 9.47 Å². The molecule has 128 valence electrons. The van der Waals surface area contributed by atoms with Gasteiger partial charge in [0.1, 0.15) is 0 Å². The van der Waals surface area contributed by atoms with Gasteiger partial charge < -0.3 is 15.1 Å². The van der Waals surface area contributed by atoms with Crippen molar-refractivity contribution in [3.8, 4) is 11.6 Å². The van der Waals surface area contributed by atoms with Crippen molar-refractivity contribution in [1.82, 2.24) is 4.90 Å². The standard InChI is InChI=1S/C19H24N2O3/c1-24-19-16(14-20-10-6-3-7-11-20)13-18(22)17(21(19)23)12-15-8-4-2-5-9-15/h2,4-5,8-9,13,22H,3,6-7,10-12,14H2,1H3. The summed E-state index contributed by atoms with van der Waals surface area (Å²) in [5.41, 5.74) is 2.03. The Kier molecular flexibility index (Phi) is 5.20. The number of aromatic nitrogens is 1. The first kappa shape index (κ1) is 16.6. The number of hydrogen-bond acceptors (Lipinski definition) is 4. The lowest BCUT2D eigenvalue weighted by atomic mass is 10.1. The van der Waals surface area contributed by atoms with Crippen molar-refractivity contribution >= 4 is 0 Å². The third-order valence-corrected chi connectivity index (χ3v) is 4.56. The van der Waals surface area contributed by atoms with E-state index in [2.05, 4.69) is 4.90 Å². The minimum Gasteiger partial charge on any atom is -0.616 e. The molecule has 2 heterocycles. The Morgan fingerprint density at radius 3 is 2.54 bits per heavy atom. The normalized spacial score (nSPS) is 15.4. The molecule has 1 fully saturated rings. The first-order valence-electron chi connectivity index (χ1n) is 8.46. The molecular formula is C19H24N2O3. The van der Waals surface area contributed by atoms with E-state index in [0.29, 0.717) is 18.7 Å². The van der Waals surface area contributed by atoms with Crippen LogP contribution in [0, 0.1) is 5.21 Å². The van der Waals surface area contributed by atoms with Crippen molar-refractivity contribution in [1.29, 1.82) is 0 Å². The monoisotopic (exact) mass is 328 g/mol. The molecule has 0 unspecified atom stereocenters.